The van der Waals surface area contributed by atoms with Crippen LogP contribution in [0.15, 0.2) is 42.2 Å². The number of pyridine rings is 1. The van der Waals surface area contributed by atoms with E-state index in [1.165, 1.54) is 6.92 Å². The minimum atomic E-state index is -0.188. The summed E-state index contributed by atoms with van der Waals surface area (Å²) in [6.07, 6.45) is 3.18. The molecule has 0 radical (unpaired) electrons. The molecule has 1 fully saturated rings. The van der Waals surface area contributed by atoms with E-state index in [4.69, 9.17) is 0 Å². The van der Waals surface area contributed by atoms with Crippen LogP contribution >= 0.6 is 11.3 Å². The molecule has 1 aromatic carbocycles. The molecule has 0 unspecified atom stereocenters. The largest absolute Gasteiger partial charge is 0.329 e. The van der Waals surface area contributed by atoms with Crippen molar-refractivity contribution < 1.29 is 9.59 Å². The molecular formula is C17H15N5O2S. The van der Waals surface area contributed by atoms with Crippen molar-refractivity contribution in [3.63, 3.8) is 0 Å². The fourth-order valence-electron chi connectivity index (χ4n) is 2.91. The first-order valence-electron chi connectivity index (χ1n) is 7.77. The van der Waals surface area contributed by atoms with Crippen LogP contribution in [0.4, 0.5) is 21.9 Å². The highest BCUT2D eigenvalue weighted by atomic mass is 32.1. The average Bonchev–Trinajstić information content (AvgIpc) is 3.20. The number of nitrogens with zero attached hydrogens (tertiary/aromatic N) is 4. The minimum absolute atomic E-state index is 0.136. The van der Waals surface area contributed by atoms with Crippen LogP contribution in [0, 0.1) is 0 Å². The Hall–Kier alpha value is -3.00. The number of aromatic nitrogens is 2. The zero-order valence-corrected chi connectivity index (χ0v) is 14.3. The Morgan fingerprint density at radius 1 is 1.24 bits per heavy atom. The van der Waals surface area contributed by atoms with E-state index >= 15 is 0 Å². The van der Waals surface area contributed by atoms with Crippen LogP contribution in [0.2, 0.25) is 0 Å². The number of urea groups is 1. The molecule has 3 amide bonds. The molecule has 1 aliphatic rings. The van der Waals surface area contributed by atoms with E-state index < -0.39 is 0 Å². The highest BCUT2D eigenvalue weighted by molar-refractivity contribution is 7.16. The average molecular weight is 353 g/mol. The molecular weight excluding hydrogens is 338 g/mol. The van der Waals surface area contributed by atoms with Crippen molar-refractivity contribution >= 4 is 50.6 Å². The van der Waals surface area contributed by atoms with Crippen LogP contribution in [0.3, 0.4) is 0 Å². The standard InChI is InChI=1S/C17H15N5O2S/c1-11(23)20-13-4-5-18-9-15(13)22-7-6-21(17(22)24)12-2-3-14-16(8-12)25-10-19-14/h2-5,8-10H,6-7H2,1H3,(H,18,20,23). The number of amides is 3. The Morgan fingerprint density at radius 2 is 2.08 bits per heavy atom. The van der Waals surface area contributed by atoms with E-state index in [1.54, 1.807) is 45.1 Å². The lowest BCUT2D eigenvalue weighted by Gasteiger charge is -2.20. The Balaban J connectivity index is 1.64. The SMILES string of the molecule is CC(=O)Nc1ccncc1N1CCN(c2ccc3ncsc3c2)C1=O. The number of thiazole rings is 1. The number of hydrogen-bond acceptors (Lipinski definition) is 5. The molecule has 0 spiro atoms. The summed E-state index contributed by atoms with van der Waals surface area (Å²) in [5, 5.41) is 2.75. The van der Waals surface area contributed by atoms with Crippen LogP contribution in [-0.2, 0) is 4.79 Å². The van der Waals surface area contributed by atoms with E-state index in [0.29, 0.717) is 24.5 Å². The molecule has 0 bridgehead atoms. The van der Waals surface area contributed by atoms with Crippen LogP contribution in [-0.4, -0.2) is 35.0 Å². The topological polar surface area (TPSA) is 78.4 Å². The Labute approximate surface area is 147 Å². The first-order valence-corrected chi connectivity index (χ1v) is 8.65. The molecule has 3 aromatic rings. The van der Waals surface area contributed by atoms with Crippen LogP contribution < -0.4 is 15.1 Å². The van der Waals surface area contributed by atoms with Gasteiger partial charge in [0.1, 0.15) is 0 Å². The van der Waals surface area contributed by atoms with Gasteiger partial charge in [-0.2, -0.15) is 0 Å². The van der Waals surface area contributed by atoms with Crippen molar-refractivity contribution in [1.82, 2.24) is 9.97 Å². The van der Waals surface area contributed by atoms with Gasteiger partial charge in [-0.25, -0.2) is 9.78 Å². The summed E-state index contributed by atoms with van der Waals surface area (Å²) in [6.45, 7) is 2.53. The number of carbonyl (C=O) groups is 2. The van der Waals surface area contributed by atoms with Crippen molar-refractivity contribution in [2.45, 2.75) is 6.92 Å². The maximum absolute atomic E-state index is 12.9. The molecule has 0 saturated carbocycles. The highest BCUT2D eigenvalue weighted by Crippen LogP contribution is 2.31. The molecule has 0 atom stereocenters. The lowest BCUT2D eigenvalue weighted by Crippen LogP contribution is -2.32. The maximum atomic E-state index is 12.9. The smallest absolute Gasteiger partial charge is 0.324 e. The molecule has 4 rings (SSSR count). The lowest BCUT2D eigenvalue weighted by atomic mass is 10.3. The van der Waals surface area contributed by atoms with Gasteiger partial charge >= 0.3 is 6.03 Å². The molecule has 1 N–H and O–H groups in total. The number of benzene rings is 1. The fraction of sp³-hybridized carbons (Fsp3) is 0.176. The van der Waals surface area contributed by atoms with Gasteiger partial charge in [-0.05, 0) is 24.3 Å². The van der Waals surface area contributed by atoms with Crippen LogP contribution in [0.25, 0.3) is 10.2 Å². The number of nitrogens with one attached hydrogen (secondary N) is 1. The van der Waals surface area contributed by atoms with Crippen molar-refractivity contribution in [1.29, 1.82) is 0 Å². The summed E-state index contributed by atoms with van der Waals surface area (Å²) >= 11 is 1.55. The number of carbonyl (C=O) groups excluding carboxylic acids is 2. The van der Waals surface area contributed by atoms with Crippen LogP contribution in [0.5, 0.6) is 0 Å². The summed E-state index contributed by atoms with van der Waals surface area (Å²) in [5.41, 5.74) is 4.74. The Kier molecular flexibility index (Phi) is 3.81. The van der Waals surface area contributed by atoms with Gasteiger partial charge in [0, 0.05) is 31.9 Å². The van der Waals surface area contributed by atoms with Crippen molar-refractivity contribution in [3.05, 3.63) is 42.2 Å². The second-order valence-electron chi connectivity index (χ2n) is 5.66. The normalized spacial score (nSPS) is 14.4. The van der Waals surface area contributed by atoms with Crippen LogP contribution in [0.1, 0.15) is 6.92 Å². The van der Waals surface area contributed by atoms with Gasteiger partial charge in [-0.15, -0.1) is 11.3 Å². The summed E-state index contributed by atoms with van der Waals surface area (Å²) in [4.78, 5) is 36.0. The van der Waals surface area contributed by atoms with Gasteiger partial charge < -0.3 is 5.32 Å². The first-order chi connectivity index (χ1) is 12.1. The summed E-state index contributed by atoms with van der Waals surface area (Å²) in [7, 11) is 0. The third kappa shape index (κ3) is 2.80. The van der Waals surface area contributed by atoms with E-state index in [9.17, 15) is 9.59 Å². The molecule has 8 heteroatoms. The van der Waals surface area contributed by atoms with Gasteiger partial charge in [-0.3, -0.25) is 19.6 Å². The van der Waals surface area contributed by atoms with Gasteiger partial charge in [0.2, 0.25) is 5.91 Å². The number of rotatable bonds is 3. The number of hydrogen-bond donors (Lipinski definition) is 1. The fourth-order valence-corrected chi connectivity index (χ4v) is 3.62. The highest BCUT2D eigenvalue weighted by Gasteiger charge is 2.32. The molecule has 1 saturated heterocycles. The quantitative estimate of drug-likeness (QED) is 0.785. The van der Waals surface area contributed by atoms with E-state index in [1.807, 2.05) is 18.2 Å². The predicted molar refractivity (Wildman–Crippen MR) is 98.2 cm³/mol. The Morgan fingerprint density at radius 3 is 2.92 bits per heavy atom. The second kappa shape index (κ2) is 6.14. The summed E-state index contributed by atoms with van der Waals surface area (Å²) in [5.74, 6) is -0.188. The molecule has 1 aliphatic heterocycles. The molecule has 3 heterocycles. The number of anilines is 3. The zero-order valence-electron chi connectivity index (χ0n) is 13.5. The second-order valence-corrected chi connectivity index (χ2v) is 6.55. The van der Waals surface area contributed by atoms with Crippen molar-refractivity contribution in [2.75, 3.05) is 28.2 Å². The molecule has 25 heavy (non-hydrogen) atoms. The van der Waals surface area contributed by atoms with Gasteiger partial charge in [-0.1, -0.05) is 0 Å². The lowest BCUT2D eigenvalue weighted by molar-refractivity contribution is -0.114. The minimum Gasteiger partial charge on any atom is -0.324 e. The van der Waals surface area contributed by atoms with E-state index in [2.05, 4.69) is 15.3 Å². The summed E-state index contributed by atoms with van der Waals surface area (Å²) < 4.78 is 1.05. The van der Waals surface area contributed by atoms with Crippen molar-refractivity contribution in [2.24, 2.45) is 0 Å². The third-order valence-corrected chi connectivity index (χ3v) is 4.83. The number of fused-ring (bicyclic) bond motifs is 1. The van der Waals surface area contributed by atoms with E-state index in [0.717, 1.165) is 15.9 Å². The molecule has 2 aromatic heterocycles. The van der Waals surface area contributed by atoms with Crippen molar-refractivity contribution in [3.8, 4) is 0 Å². The summed E-state index contributed by atoms with van der Waals surface area (Å²) in [6, 6.07) is 7.36. The van der Waals surface area contributed by atoms with Gasteiger partial charge in [0.15, 0.2) is 0 Å². The van der Waals surface area contributed by atoms with E-state index in [-0.39, 0.29) is 11.9 Å². The Bertz CT molecular complexity index is 970. The molecule has 126 valence electrons. The maximum Gasteiger partial charge on any atom is 0.329 e. The van der Waals surface area contributed by atoms with Gasteiger partial charge in [0.05, 0.1) is 33.3 Å². The third-order valence-electron chi connectivity index (χ3n) is 4.04. The monoisotopic (exact) mass is 353 g/mol. The van der Waals surface area contributed by atoms with Gasteiger partial charge in [0.25, 0.3) is 0 Å². The molecule has 7 nitrogen and oxygen atoms in total. The first kappa shape index (κ1) is 15.5. The molecule has 0 aliphatic carbocycles. The predicted octanol–water partition coefficient (Wildman–Crippen LogP) is 3.10. The zero-order chi connectivity index (χ0) is 17.4.